The van der Waals surface area contributed by atoms with Crippen LogP contribution in [0.3, 0.4) is 0 Å². The molecule has 0 aromatic carbocycles. The SMILES string of the molecule is Cc1cc(NC(=O)C2CCC(C(=O)O)C2)no1. The summed E-state index contributed by atoms with van der Waals surface area (Å²) in [5.41, 5.74) is 0. The number of aromatic nitrogens is 1. The van der Waals surface area contributed by atoms with Crippen molar-refractivity contribution in [3.05, 3.63) is 11.8 Å². The molecule has 1 aliphatic carbocycles. The summed E-state index contributed by atoms with van der Waals surface area (Å²) < 4.78 is 4.83. The lowest BCUT2D eigenvalue weighted by atomic mass is 10.0. The molecule has 2 rings (SSSR count). The van der Waals surface area contributed by atoms with Crippen molar-refractivity contribution in [3.8, 4) is 0 Å². The first kappa shape index (κ1) is 11.6. The Morgan fingerprint density at radius 3 is 2.71 bits per heavy atom. The molecule has 92 valence electrons. The third kappa shape index (κ3) is 2.64. The molecule has 1 aromatic heterocycles. The summed E-state index contributed by atoms with van der Waals surface area (Å²) in [6.45, 7) is 1.73. The highest BCUT2D eigenvalue weighted by molar-refractivity contribution is 5.92. The first-order chi connectivity index (χ1) is 8.06. The van der Waals surface area contributed by atoms with Crippen LogP contribution in [-0.2, 0) is 9.59 Å². The van der Waals surface area contributed by atoms with Crippen LogP contribution >= 0.6 is 0 Å². The molecule has 1 heterocycles. The van der Waals surface area contributed by atoms with E-state index < -0.39 is 11.9 Å². The summed E-state index contributed by atoms with van der Waals surface area (Å²) in [5.74, 6) is -0.640. The van der Waals surface area contributed by atoms with Gasteiger partial charge in [0.25, 0.3) is 0 Å². The quantitative estimate of drug-likeness (QED) is 0.830. The molecule has 6 nitrogen and oxygen atoms in total. The van der Waals surface area contributed by atoms with E-state index in [4.69, 9.17) is 9.63 Å². The van der Waals surface area contributed by atoms with Crippen molar-refractivity contribution in [3.63, 3.8) is 0 Å². The van der Waals surface area contributed by atoms with E-state index in [-0.39, 0.29) is 11.8 Å². The van der Waals surface area contributed by atoms with E-state index in [1.807, 2.05) is 0 Å². The van der Waals surface area contributed by atoms with Crippen LogP contribution in [0.2, 0.25) is 0 Å². The number of carbonyl (C=O) groups is 2. The lowest BCUT2D eigenvalue weighted by Gasteiger charge is -2.08. The van der Waals surface area contributed by atoms with Crippen LogP contribution in [0.4, 0.5) is 5.82 Å². The van der Waals surface area contributed by atoms with Gasteiger partial charge in [-0.1, -0.05) is 5.16 Å². The van der Waals surface area contributed by atoms with Gasteiger partial charge in [-0.15, -0.1) is 0 Å². The average Bonchev–Trinajstić information content (AvgIpc) is 2.86. The number of carboxylic acids is 1. The Labute approximate surface area is 98.0 Å². The molecule has 1 aromatic rings. The number of hydrogen-bond donors (Lipinski definition) is 2. The molecule has 0 radical (unpaired) electrons. The number of carbonyl (C=O) groups excluding carboxylic acids is 1. The zero-order valence-corrected chi connectivity index (χ0v) is 9.47. The molecule has 2 atom stereocenters. The lowest BCUT2D eigenvalue weighted by molar-refractivity contribution is -0.141. The van der Waals surface area contributed by atoms with E-state index in [2.05, 4.69) is 10.5 Å². The van der Waals surface area contributed by atoms with Crippen LogP contribution in [0, 0.1) is 18.8 Å². The number of hydrogen-bond acceptors (Lipinski definition) is 4. The minimum absolute atomic E-state index is 0.179. The fraction of sp³-hybridized carbons (Fsp3) is 0.545. The number of carboxylic acid groups (broad SMARTS) is 1. The molecule has 0 aliphatic heterocycles. The molecule has 0 bridgehead atoms. The summed E-state index contributed by atoms with van der Waals surface area (Å²) in [6.07, 6.45) is 1.57. The molecule has 2 N–H and O–H groups in total. The summed E-state index contributed by atoms with van der Waals surface area (Å²) in [7, 11) is 0. The average molecular weight is 238 g/mol. The van der Waals surface area contributed by atoms with Crippen LogP contribution in [0.25, 0.3) is 0 Å². The Kier molecular flexibility index (Phi) is 3.12. The standard InChI is InChI=1S/C11H14N2O4/c1-6-4-9(13-17-6)12-10(14)7-2-3-8(5-7)11(15)16/h4,7-8H,2-3,5H2,1H3,(H,15,16)(H,12,13,14). The van der Waals surface area contributed by atoms with Crippen molar-refractivity contribution in [2.75, 3.05) is 5.32 Å². The maximum Gasteiger partial charge on any atom is 0.306 e. The van der Waals surface area contributed by atoms with E-state index >= 15 is 0 Å². The number of nitrogens with zero attached hydrogens (tertiary/aromatic N) is 1. The second-order valence-electron chi connectivity index (χ2n) is 4.36. The summed E-state index contributed by atoms with van der Waals surface area (Å²) in [4.78, 5) is 22.6. The van der Waals surface area contributed by atoms with Crippen molar-refractivity contribution in [2.24, 2.45) is 11.8 Å². The van der Waals surface area contributed by atoms with Gasteiger partial charge in [0.2, 0.25) is 5.91 Å². The number of amides is 1. The molecule has 0 saturated heterocycles. The van der Waals surface area contributed by atoms with Gasteiger partial charge in [0.05, 0.1) is 5.92 Å². The monoisotopic (exact) mass is 238 g/mol. The molecule has 6 heteroatoms. The van der Waals surface area contributed by atoms with Gasteiger partial charge in [-0.25, -0.2) is 0 Å². The van der Waals surface area contributed by atoms with Gasteiger partial charge in [-0.05, 0) is 26.2 Å². The second kappa shape index (κ2) is 4.57. The third-order valence-electron chi connectivity index (χ3n) is 3.03. The highest BCUT2D eigenvalue weighted by Gasteiger charge is 2.34. The van der Waals surface area contributed by atoms with Crippen molar-refractivity contribution in [1.82, 2.24) is 5.16 Å². The molecular weight excluding hydrogens is 224 g/mol. The minimum atomic E-state index is -0.822. The molecule has 1 saturated carbocycles. The van der Waals surface area contributed by atoms with E-state index in [0.717, 1.165) is 0 Å². The molecule has 1 amide bonds. The van der Waals surface area contributed by atoms with Gasteiger partial charge < -0.3 is 14.9 Å². The largest absolute Gasteiger partial charge is 0.481 e. The highest BCUT2D eigenvalue weighted by atomic mass is 16.5. The highest BCUT2D eigenvalue weighted by Crippen LogP contribution is 2.31. The van der Waals surface area contributed by atoms with E-state index in [1.165, 1.54) is 0 Å². The smallest absolute Gasteiger partial charge is 0.306 e. The molecule has 1 fully saturated rings. The Bertz CT molecular complexity index is 440. The number of nitrogens with one attached hydrogen (secondary N) is 1. The van der Waals surface area contributed by atoms with E-state index in [0.29, 0.717) is 30.8 Å². The van der Waals surface area contributed by atoms with E-state index in [1.54, 1.807) is 13.0 Å². The molecular formula is C11H14N2O4. The minimum Gasteiger partial charge on any atom is -0.481 e. The predicted octanol–water partition coefficient (Wildman–Crippen LogP) is 1.42. The number of anilines is 1. The third-order valence-corrected chi connectivity index (χ3v) is 3.03. The van der Waals surface area contributed by atoms with Gasteiger partial charge in [0, 0.05) is 12.0 Å². The van der Waals surface area contributed by atoms with Crippen LogP contribution in [0.1, 0.15) is 25.0 Å². The number of rotatable bonds is 3. The second-order valence-corrected chi connectivity index (χ2v) is 4.36. The topological polar surface area (TPSA) is 92.4 Å². The van der Waals surface area contributed by atoms with Crippen molar-refractivity contribution >= 4 is 17.7 Å². The van der Waals surface area contributed by atoms with Gasteiger partial charge in [-0.3, -0.25) is 9.59 Å². The fourth-order valence-corrected chi connectivity index (χ4v) is 2.10. The molecule has 0 spiro atoms. The maximum atomic E-state index is 11.8. The Morgan fingerprint density at radius 1 is 1.47 bits per heavy atom. The zero-order chi connectivity index (χ0) is 12.4. The van der Waals surface area contributed by atoms with Gasteiger partial charge >= 0.3 is 5.97 Å². The maximum absolute atomic E-state index is 11.8. The molecule has 1 aliphatic rings. The van der Waals surface area contributed by atoms with Crippen molar-refractivity contribution in [2.45, 2.75) is 26.2 Å². The Morgan fingerprint density at radius 2 is 2.18 bits per heavy atom. The summed E-state index contributed by atoms with van der Waals surface area (Å²) in [6, 6.07) is 1.63. The Balaban J connectivity index is 1.91. The fourth-order valence-electron chi connectivity index (χ4n) is 2.10. The normalized spacial score (nSPS) is 23.6. The van der Waals surface area contributed by atoms with Crippen LogP contribution in [0.5, 0.6) is 0 Å². The lowest BCUT2D eigenvalue weighted by Crippen LogP contribution is -2.21. The van der Waals surface area contributed by atoms with Gasteiger partial charge in [-0.2, -0.15) is 0 Å². The first-order valence-corrected chi connectivity index (χ1v) is 5.53. The van der Waals surface area contributed by atoms with Crippen LogP contribution in [-0.4, -0.2) is 22.1 Å². The molecule has 2 unspecified atom stereocenters. The van der Waals surface area contributed by atoms with E-state index in [9.17, 15) is 9.59 Å². The van der Waals surface area contributed by atoms with Gasteiger partial charge in [0.1, 0.15) is 5.76 Å². The van der Waals surface area contributed by atoms with Crippen LogP contribution in [0.15, 0.2) is 10.6 Å². The number of aryl methyl sites for hydroxylation is 1. The predicted molar refractivity (Wildman–Crippen MR) is 58.3 cm³/mol. The summed E-state index contributed by atoms with van der Waals surface area (Å²) >= 11 is 0. The molecule has 17 heavy (non-hydrogen) atoms. The van der Waals surface area contributed by atoms with Gasteiger partial charge in [0.15, 0.2) is 5.82 Å². The summed E-state index contributed by atoms with van der Waals surface area (Å²) in [5, 5.41) is 15.1. The van der Waals surface area contributed by atoms with Crippen molar-refractivity contribution in [1.29, 1.82) is 0 Å². The first-order valence-electron chi connectivity index (χ1n) is 5.53. The zero-order valence-electron chi connectivity index (χ0n) is 9.47. The van der Waals surface area contributed by atoms with Crippen LogP contribution < -0.4 is 5.32 Å². The number of aliphatic carboxylic acids is 1. The Hall–Kier alpha value is -1.85. The van der Waals surface area contributed by atoms with Crippen molar-refractivity contribution < 1.29 is 19.2 Å².